The van der Waals surface area contributed by atoms with Crippen LogP contribution >= 0.6 is 11.6 Å². The number of anilines is 1. The molecule has 0 aromatic heterocycles. The number of carbonyl (C=O) groups is 2. The zero-order valence-electron chi connectivity index (χ0n) is 11.8. The van der Waals surface area contributed by atoms with Gasteiger partial charge >= 0.3 is 5.97 Å². The van der Waals surface area contributed by atoms with E-state index in [1.165, 1.54) is 0 Å². The summed E-state index contributed by atoms with van der Waals surface area (Å²) in [4.78, 5) is 22.7. The zero-order chi connectivity index (χ0) is 15.5. The molecule has 0 aliphatic heterocycles. The molecule has 1 saturated carbocycles. The molecular formula is C15H18ClNO4. The molecule has 0 heterocycles. The Kier molecular flexibility index (Phi) is 4.73. The number of hydrogen-bond acceptors (Lipinski definition) is 3. The van der Waals surface area contributed by atoms with Crippen molar-refractivity contribution in [1.82, 2.24) is 0 Å². The molecule has 0 bridgehead atoms. The first-order valence-electron chi connectivity index (χ1n) is 6.86. The summed E-state index contributed by atoms with van der Waals surface area (Å²) in [6.07, 6.45) is 3.94. The van der Waals surface area contributed by atoms with Crippen molar-refractivity contribution in [2.24, 2.45) is 5.41 Å². The van der Waals surface area contributed by atoms with Crippen molar-refractivity contribution in [2.75, 3.05) is 11.9 Å². The fraction of sp³-hybridized carbons (Fsp3) is 0.467. The number of hydrogen-bond donors (Lipinski definition) is 2. The maximum atomic E-state index is 12.3. The molecule has 1 aliphatic rings. The smallest absolute Gasteiger partial charge is 0.341 e. The first-order chi connectivity index (χ1) is 9.90. The van der Waals surface area contributed by atoms with Crippen LogP contribution in [0.1, 0.15) is 32.6 Å². The van der Waals surface area contributed by atoms with Gasteiger partial charge in [0.1, 0.15) is 5.75 Å². The van der Waals surface area contributed by atoms with Crippen molar-refractivity contribution in [1.29, 1.82) is 0 Å². The molecule has 0 unspecified atom stereocenters. The van der Waals surface area contributed by atoms with Gasteiger partial charge in [-0.2, -0.15) is 0 Å². The molecule has 2 rings (SSSR count). The van der Waals surface area contributed by atoms with Gasteiger partial charge in [-0.15, -0.1) is 0 Å². The predicted octanol–water partition coefficient (Wildman–Crippen LogP) is 3.32. The fourth-order valence-electron chi connectivity index (χ4n) is 2.50. The van der Waals surface area contributed by atoms with Gasteiger partial charge in [-0.3, -0.25) is 4.79 Å². The summed E-state index contributed by atoms with van der Waals surface area (Å²) in [6.45, 7) is 1.52. The van der Waals surface area contributed by atoms with Crippen LogP contribution in [0.3, 0.4) is 0 Å². The van der Waals surface area contributed by atoms with Gasteiger partial charge in [0.25, 0.3) is 0 Å². The summed E-state index contributed by atoms with van der Waals surface area (Å²) >= 11 is 6.02. The highest BCUT2D eigenvalue weighted by Crippen LogP contribution is 2.38. The number of amides is 1. The number of halogens is 1. The molecule has 1 aromatic rings. The molecule has 0 atom stereocenters. The number of carboxylic acid groups (broad SMARTS) is 1. The van der Waals surface area contributed by atoms with Crippen LogP contribution in [0.15, 0.2) is 18.2 Å². The minimum atomic E-state index is -1.07. The van der Waals surface area contributed by atoms with Gasteiger partial charge in [0, 0.05) is 11.1 Å². The van der Waals surface area contributed by atoms with Gasteiger partial charge < -0.3 is 15.2 Å². The second-order valence-electron chi connectivity index (χ2n) is 5.55. The number of nitrogens with one attached hydrogen (secondary N) is 1. The quantitative estimate of drug-likeness (QED) is 0.874. The van der Waals surface area contributed by atoms with E-state index in [4.69, 9.17) is 21.4 Å². The fourth-order valence-corrected chi connectivity index (χ4v) is 2.73. The van der Waals surface area contributed by atoms with Crippen molar-refractivity contribution in [3.63, 3.8) is 0 Å². The van der Waals surface area contributed by atoms with Crippen LogP contribution < -0.4 is 10.1 Å². The molecule has 6 heteroatoms. The van der Waals surface area contributed by atoms with Gasteiger partial charge in [0.15, 0.2) is 6.61 Å². The van der Waals surface area contributed by atoms with E-state index in [2.05, 4.69) is 5.32 Å². The highest BCUT2D eigenvalue weighted by atomic mass is 35.5. The molecule has 0 spiro atoms. The van der Waals surface area contributed by atoms with E-state index in [9.17, 15) is 9.59 Å². The third-order valence-corrected chi connectivity index (χ3v) is 4.09. The molecule has 2 N–H and O–H groups in total. The van der Waals surface area contributed by atoms with Crippen molar-refractivity contribution >= 4 is 29.2 Å². The largest absolute Gasteiger partial charge is 0.480 e. The molecule has 5 nitrogen and oxygen atoms in total. The molecule has 114 valence electrons. The number of ether oxygens (including phenoxy) is 1. The molecule has 21 heavy (non-hydrogen) atoms. The van der Waals surface area contributed by atoms with Crippen LogP contribution in [-0.4, -0.2) is 23.6 Å². The first-order valence-corrected chi connectivity index (χ1v) is 7.24. The lowest BCUT2D eigenvalue weighted by Crippen LogP contribution is -2.30. The van der Waals surface area contributed by atoms with Crippen LogP contribution in [0.2, 0.25) is 5.02 Å². The highest BCUT2D eigenvalue weighted by Gasteiger charge is 2.36. The number of rotatable bonds is 5. The number of benzene rings is 1. The Labute approximate surface area is 128 Å². The zero-order valence-corrected chi connectivity index (χ0v) is 12.6. The van der Waals surface area contributed by atoms with E-state index >= 15 is 0 Å². The normalized spacial score (nSPS) is 16.5. The van der Waals surface area contributed by atoms with Crippen LogP contribution in [-0.2, 0) is 9.59 Å². The third kappa shape index (κ3) is 3.88. The summed E-state index contributed by atoms with van der Waals surface area (Å²) in [6, 6.07) is 4.77. The summed E-state index contributed by atoms with van der Waals surface area (Å²) < 4.78 is 5.03. The Morgan fingerprint density at radius 1 is 1.38 bits per heavy atom. The molecule has 1 aromatic carbocycles. The third-order valence-electron chi connectivity index (χ3n) is 3.80. The van der Waals surface area contributed by atoms with E-state index in [0.717, 1.165) is 25.7 Å². The monoisotopic (exact) mass is 311 g/mol. The Morgan fingerprint density at radius 2 is 2.05 bits per heavy atom. The summed E-state index contributed by atoms with van der Waals surface area (Å²) in [5.41, 5.74) is 0.270. The van der Waals surface area contributed by atoms with Gasteiger partial charge in [-0.1, -0.05) is 31.4 Å². The Bertz CT molecular complexity index is 553. The Balaban J connectivity index is 2.03. The van der Waals surface area contributed by atoms with E-state index in [1.807, 2.05) is 6.92 Å². The van der Waals surface area contributed by atoms with Crippen molar-refractivity contribution < 1.29 is 19.4 Å². The van der Waals surface area contributed by atoms with Crippen LogP contribution in [0, 0.1) is 5.41 Å². The lowest BCUT2D eigenvalue weighted by molar-refractivity contribution is -0.139. The highest BCUT2D eigenvalue weighted by molar-refractivity contribution is 6.32. The average Bonchev–Trinajstić information content (AvgIpc) is 2.86. The molecule has 1 fully saturated rings. The van der Waals surface area contributed by atoms with E-state index in [0.29, 0.717) is 5.69 Å². The molecule has 1 amide bonds. The summed E-state index contributed by atoms with van der Waals surface area (Å²) in [7, 11) is 0. The molecule has 0 radical (unpaired) electrons. The SMILES string of the molecule is CC1(C(=O)Nc2ccc(OCC(=O)O)c(Cl)c2)CCCC1. The summed E-state index contributed by atoms with van der Waals surface area (Å²) in [5.74, 6) is -0.794. The molecular weight excluding hydrogens is 294 g/mol. The van der Waals surface area contributed by atoms with E-state index < -0.39 is 12.6 Å². The van der Waals surface area contributed by atoms with Crippen molar-refractivity contribution in [3.05, 3.63) is 23.2 Å². The predicted molar refractivity (Wildman–Crippen MR) is 79.8 cm³/mol. The maximum Gasteiger partial charge on any atom is 0.341 e. The number of carbonyl (C=O) groups excluding carboxylic acids is 1. The summed E-state index contributed by atoms with van der Waals surface area (Å²) in [5, 5.41) is 11.7. The minimum Gasteiger partial charge on any atom is -0.480 e. The number of aliphatic carboxylic acids is 1. The second kappa shape index (κ2) is 6.35. The standard InChI is InChI=1S/C15H18ClNO4/c1-15(6-2-3-7-15)14(20)17-10-4-5-12(11(16)8-10)21-9-13(18)19/h4-5,8H,2-3,6-7,9H2,1H3,(H,17,20)(H,18,19). The van der Waals surface area contributed by atoms with Gasteiger partial charge in [0.2, 0.25) is 5.91 Å². The van der Waals surface area contributed by atoms with Gasteiger partial charge in [-0.05, 0) is 31.0 Å². The van der Waals surface area contributed by atoms with Crippen LogP contribution in [0.5, 0.6) is 5.75 Å². The molecule has 0 saturated heterocycles. The lowest BCUT2D eigenvalue weighted by atomic mass is 9.88. The maximum absolute atomic E-state index is 12.3. The average molecular weight is 312 g/mol. The minimum absolute atomic E-state index is 0.00438. The number of carboxylic acids is 1. The second-order valence-corrected chi connectivity index (χ2v) is 5.96. The van der Waals surface area contributed by atoms with Gasteiger partial charge in [-0.25, -0.2) is 4.79 Å². The van der Waals surface area contributed by atoms with E-state index in [1.54, 1.807) is 18.2 Å². The Morgan fingerprint density at radius 3 is 2.62 bits per heavy atom. The van der Waals surface area contributed by atoms with Crippen molar-refractivity contribution in [3.8, 4) is 5.75 Å². The van der Waals surface area contributed by atoms with Crippen molar-refractivity contribution in [2.45, 2.75) is 32.6 Å². The molecule has 1 aliphatic carbocycles. The lowest BCUT2D eigenvalue weighted by Gasteiger charge is -2.22. The first kappa shape index (κ1) is 15.6. The Hall–Kier alpha value is -1.75. The van der Waals surface area contributed by atoms with Crippen LogP contribution in [0.4, 0.5) is 5.69 Å². The van der Waals surface area contributed by atoms with Gasteiger partial charge in [0.05, 0.1) is 5.02 Å². The van der Waals surface area contributed by atoms with Crippen LogP contribution in [0.25, 0.3) is 0 Å². The topological polar surface area (TPSA) is 75.6 Å². The van der Waals surface area contributed by atoms with E-state index in [-0.39, 0.29) is 22.1 Å².